The van der Waals surface area contributed by atoms with Crippen molar-refractivity contribution >= 4 is 9.84 Å². The van der Waals surface area contributed by atoms with E-state index in [1.54, 1.807) is 0 Å². The van der Waals surface area contributed by atoms with Gasteiger partial charge in [0, 0.05) is 6.04 Å². The van der Waals surface area contributed by atoms with Crippen molar-refractivity contribution in [1.29, 1.82) is 0 Å². The smallest absolute Gasteiger partial charge is 0.153 e. The fraction of sp³-hybridized carbons (Fsp3) is 1.00. The summed E-state index contributed by atoms with van der Waals surface area (Å²) in [6, 6.07) is 0.439. The molecule has 1 rings (SSSR count). The highest BCUT2D eigenvalue weighted by Gasteiger charge is 2.27. The van der Waals surface area contributed by atoms with Crippen LogP contribution in [0.5, 0.6) is 0 Å². The van der Waals surface area contributed by atoms with E-state index in [1.165, 1.54) is 0 Å². The zero-order valence-corrected chi connectivity index (χ0v) is 12.1. The van der Waals surface area contributed by atoms with Gasteiger partial charge in [-0.15, -0.1) is 0 Å². The molecule has 0 spiro atoms. The second-order valence-electron chi connectivity index (χ2n) is 5.27. The summed E-state index contributed by atoms with van der Waals surface area (Å²) >= 11 is 0. The second-order valence-corrected chi connectivity index (χ2v) is 7.67. The predicted octanol–water partition coefficient (Wildman–Crippen LogP) is 2.51. The lowest BCUT2D eigenvalue weighted by atomic mass is 10.2. The lowest BCUT2D eigenvalue weighted by Crippen LogP contribution is -2.28. The third kappa shape index (κ3) is 5.38. The van der Waals surface area contributed by atoms with Gasteiger partial charge in [0.15, 0.2) is 9.84 Å². The van der Waals surface area contributed by atoms with Crippen molar-refractivity contribution in [3.05, 3.63) is 0 Å². The quantitative estimate of drug-likeness (QED) is 0.730. The summed E-state index contributed by atoms with van der Waals surface area (Å²) in [6.07, 6.45) is 6.88. The summed E-state index contributed by atoms with van der Waals surface area (Å²) in [7, 11) is -2.80. The molecule has 17 heavy (non-hydrogen) atoms. The minimum atomic E-state index is -2.80. The lowest BCUT2D eigenvalue weighted by molar-refractivity contribution is 0.504. The molecule has 0 bridgehead atoms. The highest BCUT2D eigenvalue weighted by molar-refractivity contribution is 7.92. The number of rotatable bonds is 8. The predicted molar refractivity (Wildman–Crippen MR) is 73.0 cm³/mol. The summed E-state index contributed by atoms with van der Waals surface area (Å²) < 4.78 is 24.0. The Balaban J connectivity index is 2.20. The van der Waals surface area contributed by atoms with E-state index in [1.807, 2.05) is 0 Å². The fourth-order valence-electron chi connectivity index (χ4n) is 2.50. The van der Waals surface area contributed by atoms with Crippen molar-refractivity contribution in [2.75, 3.05) is 12.3 Å². The Morgan fingerprint density at radius 3 is 2.53 bits per heavy atom. The van der Waals surface area contributed by atoms with E-state index in [0.717, 1.165) is 51.5 Å². The van der Waals surface area contributed by atoms with Gasteiger partial charge in [0.2, 0.25) is 0 Å². The van der Waals surface area contributed by atoms with Crippen molar-refractivity contribution in [2.24, 2.45) is 0 Å². The zero-order valence-electron chi connectivity index (χ0n) is 11.2. The lowest BCUT2D eigenvalue weighted by Gasteiger charge is -2.14. The van der Waals surface area contributed by atoms with Gasteiger partial charge in [-0.05, 0) is 45.6 Å². The highest BCUT2D eigenvalue weighted by atomic mass is 32.2. The number of hydrogen-bond donors (Lipinski definition) is 1. The molecule has 4 heteroatoms. The van der Waals surface area contributed by atoms with Gasteiger partial charge >= 0.3 is 0 Å². The molecule has 0 aromatic carbocycles. The molecule has 1 atom stereocenters. The van der Waals surface area contributed by atoms with Crippen LogP contribution in [0.15, 0.2) is 0 Å². The molecule has 0 saturated heterocycles. The molecule has 102 valence electrons. The monoisotopic (exact) mass is 261 g/mol. The average molecular weight is 261 g/mol. The second kappa shape index (κ2) is 7.37. The Labute approximate surface area is 106 Å². The number of nitrogens with one attached hydrogen (secondary N) is 1. The van der Waals surface area contributed by atoms with E-state index >= 15 is 0 Å². The molecule has 1 unspecified atom stereocenters. The van der Waals surface area contributed by atoms with Gasteiger partial charge in [0.1, 0.15) is 0 Å². The van der Waals surface area contributed by atoms with E-state index in [2.05, 4.69) is 19.2 Å². The Hall–Kier alpha value is -0.0900. The van der Waals surface area contributed by atoms with Crippen LogP contribution in [-0.4, -0.2) is 32.0 Å². The molecule has 0 aromatic rings. The molecule has 0 heterocycles. The van der Waals surface area contributed by atoms with Crippen LogP contribution in [0.2, 0.25) is 0 Å². The largest absolute Gasteiger partial charge is 0.314 e. The maximum Gasteiger partial charge on any atom is 0.153 e. The molecular weight excluding hydrogens is 234 g/mol. The van der Waals surface area contributed by atoms with E-state index < -0.39 is 9.84 Å². The van der Waals surface area contributed by atoms with Crippen LogP contribution in [0.4, 0.5) is 0 Å². The molecule has 0 amide bonds. The normalized spacial score (nSPS) is 19.6. The average Bonchev–Trinajstić information content (AvgIpc) is 2.80. The van der Waals surface area contributed by atoms with Crippen LogP contribution in [-0.2, 0) is 9.84 Å². The van der Waals surface area contributed by atoms with Gasteiger partial charge in [-0.3, -0.25) is 0 Å². The topological polar surface area (TPSA) is 46.2 Å². The third-order valence-corrected chi connectivity index (χ3v) is 5.96. The summed E-state index contributed by atoms with van der Waals surface area (Å²) in [5.74, 6) is 0.385. The van der Waals surface area contributed by atoms with Crippen LogP contribution in [0.3, 0.4) is 0 Å². The molecule has 1 saturated carbocycles. The number of sulfone groups is 1. The number of hydrogen-bond acceptors (Lipinski definition) is 3. The summed E-state index contributed by atoms with van der Waals surface area (Å²) in [4.78, 5) is 0. The van der Waals surface area contributed by atoms with E-state index in [-0.39, 0.29) is 5.25 Å². The Morgan fingerprint density at radius 2 is 1.94 bits per heavy atom. The molecule has 1 N–H and O–H groups in total. The first-order chi connectivity index (χ1) is 8.06. The Morgan fingerprint density at radius 1 is 1.29 bits per heavy atom. The van der Waals surface area contributed by atoms with Crippen LogP contribution < -0.4 is 5.32 Å². The maximum atomic E-state index is 12.0. The van der Waals surface area contributed by atoms with Gasteiger partial charge < -0.3 is 5.32 Å². The molecule has 0 radical (unpaired) electrons. The summed E-state index contributed by atoms with van der Waals surface area (Å²) in [5, 5.41) is 3.37. The first-order valence-corrected chi connectivity index (χ1v) is 8.72. The van der Waals surface area contributed by atoms with Crippen molar-refractivity contribution in [1.82, 2.24) is 5.32 Å². The highest BCUT2D eigenvalue weighted by Crippen LogP contribution is 2.25. The van der Waals surface area contributed by atoms with Crippen LogP contribution in [0, 0.1) is 0 Å². The van der Waals surface area contributed by atoms with E-state index in [9.17, 15) is 8.42 Å². The first kappa shape index (κ1) is 15.0. The molecule has 1 aliphatic rings. The molecule has 3 nitrogen and oxygen atoms in total. The Bertz CT molecular complexity index is 295. The standard InChI is InChI=1S/C13H27NO2S/c1-3-10-14-12(2)7-6-11-17(15,16)13-8-4-5-9-13/h12-14H,3-11H2,1-2H3. The maximum absolute atomic E-state index is 12.0. The van der Waals surface area contributed by atoms with E-state index in [0.29, 0.717) is 11.8 Å². The van der Waals surface area contributed by atoms with Gasteiger partial charge in [-0.1, -0.05) is 19.8 Å². The van der Waals surface area contributed by atoms with Crippen molar-refractivity contribution < 1.29 is 8.42 Å². The molecular formula is C13H27NO2S. The van der Waals surface area contributed by atoms with E-state index in [4.69, 9.17) is 0 Å². The van der Waals surface area contributed by atoms with Crippen molar-refractivity contribution in [3.8, 4) is 0 Å². The minimum Gasteiger partial charge on any atom is -0.314 e. The molecule has 1 aliphatic carbocycles. The van der Waals surface area contributed by atoms with Crippen LogP contribution in [0.1, 0.15) is 58.8 Å². The van der Waals surface area contributed by atoms with Crippen LogP contribution >= 0.6 is 0 Å². The zero-order chi connectivity index (χ0) is 12.7. The van der Waals surface area contributed by atoms with Crippen molar-refractivity contribution in [3.63, 3.8) is 0 Å². The molecule has 0 aliphatic heterocycles. The summed E-state index contributed by atoms with van der Waals surface area (Å²) in [6.45, 7) is 5.30. The van der Waals surface area contributed by atoms with Gasteiger partial charge in [-0.25, -0.2) is 8.42 Å². The van der Waals surface area contributed by atoms with Crippen molar-refractivity contribution in [2.45, 2.75) is 70.1 Å². The SMILES string of the molecule is CCCNC(C)CCCS(=O)(=O)C1CCCC1. The summed E-state index contributed by atoms with van der Waals surface area (Å²) in [5.41, 5.74) is 0. The minimum absolute atomic E-state index is 0.0265. The molecule has 1 fully saturated rings. The fourth-order valence-corrected chi connectivity index (χ4v) is 4.45. The van der Waals surface area contributed by atoms with Crippen LogP contribution in [0.25, 0.3) is 0 Å². The molecule has 0 aromatic heterocycles. The third-order valence-electron chi connectivity index (χ3n) is 3.62. The van der Waals surface area contributed by atoms with Gasteiger partial charge in [-0.2, -0.15) is 0 Å². The van der Waals surface area contributed by atoms with Gasteiger partial charge in [0.25, 0.3) is 0 Å². The Kier molecular flexibility index (Phi) is 6.49. The first-order valence-electron chi connectivity index (χ1n) is 7.01. The van der Waals surface area contributed by atoms with Gasteiger partial charge in [0.05, 0.1) is 11.0 Å².